The Morgan fingerprint density at radius 3 is 2.28 bits per heavy atom. The Hall–Kier alpha value is -3.48. The number of aromatic nitrogens is 1. The number of nitrogens with zero attached hydrogens (tertiary/aromatic N) is 2. The van der Waals surface area contributed by atoms with E-state index in [2.05, 4.69) is 10.3 Å². The highest BCUT2D eigenvalue weighted by molar-refractivity contribution is 7.09. The highest BCUT2D eigenvalue weighted by Gasteiger charge is 2.33. The predicted octanol–water partition coefficient (Wildman–Crippen LogP) is 6.37. The van der Waals surface area contributed by atoms with Crippen molar-refractivity contribution >= 4 is 35.1 Å². The van der Waals surface area contributed by atoms with Gasteiger partial charge in [-0.3, -0.25) is 19.2 Å². The molecule has 0 bridgehead atoms. The molecular formula is C33H44F3N3O6S. The van der Waals surface area contributed by atoms with Crippen molar-refractivity contribution in [3.05, 3.63) is 51.5 Å². The van der Waals surface area contributed by atoms with Crippen LogP contribution in [0, 0.1) is 17.8 Å². The number of amides is 2. The van der Waals surface area contributed by atoms with Gasteiger partial charge < -0.3 is 19.7 Å². The molecule has 1 N–H and O–H groups in total. The third kappa shape index (κ3) is 11.1. The number of benzene rings is 1. The molecule has 1 aliphatic carbocycles. The van der Waals surface area contributed by atoms with E-state index in [1.165, 1.54) is 44.4 Å². The van der Waals surface area contributed by atoms with Crippen molar-refractivity contribution in [3.63, 3.8) is 0 Å². The Kier molecular flexibility index (Phi) is 13.2. The van der Waals surface area contributed by atoms with Crippen LogP contribution in [-0.4, -0.2) is 59.9 Å². The largest absolute Gasteiger partial charge is 0.469 e. The maximum Gasteiger partial charge on any atom is 0.416 e. The Morgan fingerprint density at radius 2 is 1.74 bits per heavy atom. The lowest BCUT2D eigenvalue weighted by molar-refractivity contribution is -0.148. The summed E-state index contributed by atoms with van der Waals surface area (Å²) in [6.45, 7) is 6.92. The number of hydrogen-bond acceptors (Lipinski definition) is 8. The van der Waals surface area contributed by atoms with E-state index < -0.39 is 47.6 Å². The van der Waals surface area contributed by atoms with Crippen molar-refractivity contribution in [2.75, 3.05) is 14.2 Å². The molecule has 1 unspecified atom stereocenters. The number of methoxy groups -OCH3 is 1. The van der Waals surface area contributed by atoms with Gasteiger partial charge in [0.25, 0.3) is 5.91 Å². The van der Waals surface area contributed by atoms with E-state index in [9.17, 15) is 32.3 Å². The van der Waals surface area contributed by atoms with Crippen LogP contribution >= 0.6 is 11.3 Å². The van der Waals surface area contributed by atoms with E-state index in [4.69, 9.17) is 9.47 Å². The Labute approximate surface area is 272 Å². The van der Waals surface area contributed by atoms with Crippen molar-refractivity contribution < 1.29 is 41.8 Å². The number of hydrogen-bond donors (Lipinski definition) is 1. The number of thiazole rings is 1. The number of nitrogens with one attached hydrogen (secondary N) is 1. The molecule has 1 aromatic carbocycles. The fourth-order valence-corrected chi connectivity index (χ4v) is 6.26. The standard InChI is InChI=1S/C33H44F3N3O6S/c1-19(2)27(39(5)29(41)14-11-22-7-8-22)17-28(45-21(4)40)31-38-26(18-46-31)30(42)37-25(15-20(3)32(43)44-6)16-23-9-12-24(13-10-23)33(34,35)36/h9-10,12-13,18-20,22,25,27-28H,7-8,11,14-17H2,1-6H3,(H,37,42)/t20-,25+,27?,28+/m0/s1. The van der Waals surface area contributed by atoms with Crippen LogP contribution in [0.3, 0.4) is 0 Å². The maximum atomic E-state index is 13.4. The minimum absolute atomic E-state index is 0.0339. The van der Waals surface area contributed by atoms with Gasteiger partial charge in [0.05, 0.1) is 18.6 Å². The molecule has 13 heteroatoms. The van der Waals surface area contributed by atoms with Crippen molar-refractivity contribution in [3.8, 4) is 0 Å². The summed E-state index contributed by atoms with van der Waals surface area (Å²) in [6.07, 6.45) is -0.981. The number of carbonyl (C=O) groups is 4. The molecule has 0 radical (unpaired) electrons. The zero-order valence-electron chi connectivity index (χ0n) is 27.2. The molecule has 46 heavy (non-hydrogen) atoms. The zero-order chi connectivity index (χ0) is 34.2. The summed E-state index contributed by atoms with van der Waals surface area (Å²) in [5, 5.41) is 4.80. The summed E-state index contributed by atoms with van der Waals surface area (Å²) >= 11 is 1.15. The van der Waals surface area contributed by atoms with E-state index in [-0.39, 0.29) is 36.4 Å². The van der Waals surface area contributed by atoms with Crippen molar-refractivity contribution in [2.24, 2.45) is 17.8 Å². The molecule has 0 spiro atoms. The first kappa shape index (κ1) is 37.0. The number of rotatable bonds is 16. The molecule has 0 saturated heterocycles. The van der Waals surface area contributed by atoms with Crippen LogP contribution in [-0.2, 0) is 36.5 Å². The van der Waals surface area contributed by atoms with Crippen LogP contribution in [0.5, 0.6) is 0 Å². The molecule has 0 aliphatic heterocycles. The molecule has 1 fully saturated rings. The predicted molar refractivity (Wildman–Crippen MR) is 167 cm³/mol. The second-order valence-electron chi connectivity index (χ2n) is 12.4. The van der Waals surface area contributed by atoms with Gasteiger partial charge in [0.1, 0.15) is 10.7 Å². The summed E-state index contributed by atoms with van der Waals surface area (Å²) in [7, 11) is 3.02. The molecule has 3 rings (SSSR count). The molecule has 1 aromatic heterocycles. The summed E-state index contributed by atoms with van der Waals surface area (Å²) in [5.74, 6) is -1.44. The summed E-state index contributed by atoms with van der Waals surface area (Å²) in [6, 6.07) is 3.76. The zero-order valence-corrected chi connectivity index (χ0v) is 28.0. The maximum absolute atomic E-state index is 13.4. The topological polar surface area (TPSA) is 115 Å². The van der Waals surface area contributed by atoms with E-state index in [1.54, 1.807) is 18.9 Å². The molecule has 1 saturated carbocycles. The second kappa shape index (κ2) is 16.4. The van der Waals surface area contributed by atoms with Crippen LogP contribution in [0.15, 0.2) is 29.6 Å². The van der Waals surface area contributed by atoms with E-state index in [0.717, 1.165) is 29.9 Å². The fraction of sp³-hybridized carbons (Fsp3) is 0.606. The smallest absolute Gasteiger partial charge is 0.416 e. The second-order valence-corrected chi connectivity index (χ2v) is 13.3. The quantitative estimate of drug-likeness (QED) is 0.207. The number of carbonyl (C=O) groups excluding carboxylic acids is 4. The van der Waals surface area contributed by atoms with Crippen molar-refractivity contribution in [1.29, 1.82) is 0 Å². The Morgan fingerprint density at radius 1 is 1.09 bits per heavy atom. The molecule has 1 aliphatic rings. The Bertz CT molecular complexity index is 1340. The lowest BCUT2D eigenvalue weighted by atomic mass is 9.95. The van der Waals surface area contributed by atoms with Crippen molar-refractivity contribution in [1.82, 2.24) is 15.2 Å². The fourth-order valence-electron chi connectivity index (χ4n) is 5.42. The number of ether oxygens (including phenoxy) is 2. The van der Waals surface area contributed by atoms with Gasteiger partial charge in [-0.05, 0) is 48.8 Å². The summed E-state index contributed by atoms with van der Waals surface area (Å²) in [5.41, 5.74) is -0.180. The van der Waals surface area contributed by atoms with E-state index >= 15 is 0 Å². The molecule has 9 nitrogen and oxygen atoms in total. The minimum Gasteiger partial charge on any atom is -0.469 e. The molecule has 254 valence electrons. The number of alkyl halides is 3. The third-order valence-corrected chi connectivity index (χ3v) is 9.19. The van der Waals surface area contributed by atoms with Crippen LogP contribution in [0.2, 0.25) is 0 Å². The van der Waals surface area contributed by atoms with Crippen molar-refractivity contribution in [2.45, 2.75) is 97.0 Å². The van der Waals surface area contributed by atoms with Crippen LogP contribution in [0.1, 0.15) is 98.9 Å². The van der Waals surface area contributed by atoms with Gasteiger partial charge in [-0.15, -0.1) is 11.3 Å². The summed E-state index contributed by atoms with van der Waals surface area (Å²) < 4.78 is 49.6. The van der Waals surface area contributed by atoms with Gasteiger partial charge in [-0.25, -0.2) is 4.98 Å². The highest BCUT2D eigenvalue weighted by Crippen LogP contribution is 2.35. The first-order chi connectivity index (χ1) is 21.6. The molecule has 2 amide bonds. The molecule has 2 aromatic rings. The first-order valence-electron chi connectivity index (χ1n) is 15.5. The number of halogens is 3. The van der Waals surface area contributed by atoms with Gasteiger partial charge in [0.2, 0.25) is 5.91 Å². The highest BCUT2D eigenvalue weighted by atomic mass is 32.1. The van der Waals surface area contributed by atoms with Gasteiger partial charge in [0.15, 0.2) is 6.10 Å². The van der Waals surface area contributed by atoms with Crippen LogP contribution < -0.4 is 5.32 Å². The Balaban J connectivity index is 1.77. The third-order valence-electron chi connectivity index (χ3n) is 8.26. The normalized spacial score (nSPS) is 15.9. The SMILES string of the molecule is COC(=O)[C@@H](C)C[C@H](Cc1ccc(C(F)(F)F)cc1)NC(=O)c1csc([C@@H](CC(C(C)C)N(C)C(=O)CCC2CC2)OC(C)=O)n1. The van der Waals surface area contributed by atoms with Gasteiger partial charge in [-0.2, -0.15) is 13.2 Å². The molecular weight excluding hydrogens is 623 g/mol. The molecule has 1 heterocycles. The van der Waals surface area contributed by atoms with E-state index in [0.29, 0.717) is 29.3 Å². The van der Waals surface area contributed by atoms with Gasteiger partial charge in [-0.1, -0.05) is 45.7 Å². The van der Waals surface area contributed by atoms with Crippen LogP contribution in [0.25, 0.3) is 0 Å². The van der Waals surface area contributed by atoms with Gasteiger partial charge in [0, 0.05) is 44.3 Å². The average Bonchev–Trinajstić information content (AvgIpc) is 3.69. The van der Waals surface area contributed by atoms with Gasteiger partial charge >= 0.3 is 18.1 Å². The number of esters is 2. The first-order valence-corrected chi connectivity index (χ1v) is 16.4. The average molecular weight is 668 g/mol. The lowest BCUT2D eigenvalue weighted by Gasteiger charge is -2.33. The minimum atomic E-state index is -4.48. The lowest BCUT2D eigenvalue weighted by Crippen LogP contribution is -2.41. The molecule has 4 atom stereocenters. The summed E-state index contributed by atoms with van der Waals surface area (Å²) in [4.78, 5) is 56.8. The van der Waals surface area contributed by atoms with E-state index in [1.807, 2.05) is 13.8 Å². The monoisotopic (exact) mass is 667 g/mol. The van der Waals surface area contributed by atoms with Crippen LogP contribution in [0.4, 0.5) is 13.2 Å².